The van der Waals surface area contributed by atoms with Crippen molar-refractivity contribution < 1.29 is 13.2 Å². The first-order valence-electron chi connectivity index (χ1n) is 8.14. The lowest BCUT2D eigenvalue weighted by atomic mass is 10.1. The normalized spacial score (nSPS) is 12.8. The molecule has 0 fully saturated rings. The third-order valence-corrected chi connectivity index (χ3v) is 6.35. The number of thiophene rings is 1. The van der Waals surface area contributed by atoms with Gasteiger partial charge in [0.15, 0.2) is 0 Å². The van der Waals surface area contributed by atoms with Gasteiger partial charge in [0, 0.05) is 11.9 Å². The van der Waals surface area contributed by atoms with E-state index in [4.69, 9.17) is 5.14 Å². The quantitative estimate of drug-likeness (QED) is 0.833. The van der Waals surface area contributed by atoms with Gasteiger partial charge in [0.25, 0.3) is 5.91 Å². The van der Waals surface area contributed by atoms with E-state index < -0.39 is 10.0 Å². The lowest BCUT2D eigenvalue weighted by molar-refractivity contribution is 0.0747. The number of primary sulfonamides is 1. The van der Waals surface area contributed by atoms with E-state index in [0.717, 1.165) is 23.3 Å². The predicted molar refractivity (Wildman–Crippen MR) is 101 cm³/mol. The SMILES string of the molecule is CCCc1cc(C(=O)N(C)C(C)c2ccc(S(N)(=O)=O)cc2)sc1C. The monoisotopic (exact) mass is 380 g/mol. The summed E-state index contributed by atoms with van der Waals surface area (Å²) in [7, 11) is -1.95. The molecular weight excluding hydrogens is 356 g/mol. The number of aryl methyl sites for hydroxylation is 2. The minimum absolute atomic E-state index is 0.0292. The molecule has 1 unspecified atom stereocenters. The summed E-state index contributed by atoms with van der Waals surface area (Å²) < 4.78 is 22.7. The Balaban J connectivity index is 2.20. The number of hydrogen-bond acceptors (Lipinski definition) is 4. The maximum Gasteiger partial charge on any atom is 0.264 e. The topological polar surface area (TPSA) is 80.5 Å². The molecule has 0 aliphatic heterocycles. The minimum atomic E-state index is -3.71. The van der Waals surface area contributed by atoms with Crippen molar-refractivity contribution in [1.82, 2.24) is 4.90 Å². The van der Waals surface area contributed by atoms with Crippen molar-refractivity contribution in [1.29, 1.82) is 0 Å². The summed E-state index contributed by atoms with van der Waals surface area (Å²) in [5.74, 6) is -0.0292. The van der Waals surface area contributed by atoms with Crippen LogP contribution < -0.4 is 5.14 Å². The number of benzene rings is 1. The molecule has 1 aromatic heterocycles. The lowest BCUT2D eigenvalue weighted by Gasteiger charge is -2.25. The number of hydrogen-bond donors (Lipinski definition) is 1. The number of nitrogens with two attached hydrogens (primary N) is 1. The number of amides is 1. The molecule has 25 heavy (non-hydrogen) atoms. The summed E-state index contributed by atoms with van der Waals surface area (Å²) in [5, 5.41) is 5.12. The maximum atomic E-state index is 12.8. The molecule has 0 saturated carbocycles. The van der Waals surface area contributed by atoms with Gasteiger partial charge >= 0.3 is 0 Å². The molecule has 0 aliphatic carbocycles. The van der Waals surface area contributed by atoms with Crippen molar-refractivity contribution in [2.24, 2.45) is 5.14 Å². The number of nitrogens with zero attached hydrogens (tertiary/aromatic N) is 1. The highest BCUT2D eigenvalue weighted by atomic mass is 32.2. The third kappa shape index (κ3) is 4.48. The van der Waals surface area contributed by atoms with Crippen molar-refractivity contribution in [2.75, 3.05) is 7.05 Å². The van der Waals surface area contributed by atoms with Gasteiger partial charge in [-0.05, 0) is 49.6 Å². The third-order valence-electron chi connectivity index (χ3n) is 4.34. The molecule has 1 aromatic carbocycles. The van der Waals surface area contributed by atoms with E-state index in [9.17, 15) is 13.2 Å². The van der Waals surface area contributed by atoms with Crippen molar-refractivity contribution in [3.8, 4) is 0 Å². The van der Waals surface area contributed by atoms with Crippen LogP contribution in [-0.4, -0.2) is 26.3 Å². The number of rotatable bonds is 6. The molecule has 2 N–H and O–H groups in total. The number of carbonyl (C=O) groups is 1. The van der Waals surface area contributed by atoms with Crippen molar-refractivity contribution in [3.63, 3.8) is 0 Å². The van der Waals surface area contributed by atoms with E-state index in [1.807, 2.05) is 19.9 Å². The molecule has 136 valence electrons. The summed E-state index contributed by atoms with van der Waals surface area (Å²) in [5.41, 5.74) is 2.08. The van der Waals surface area contributed by atoms with Gasteiger partial charge in [0.2, 0.25) is 10.0 Å². The van der Waals surface area contributed by atoms with Crippen molar-refractivity contribution in [3.05, 3.63) is 51.2 Å². The van der Waals surface area contributed by atoms with E-state index in [-0.39, 0.29) is 16.8 Å². The van der Waals surface area contributed by atoms with E-state index in [1.54, 1.807) is 24.1 Å². The second-order valence-electron chi connectivity index (χ2n) is 6.15. The Labute approximate surface area is 153 Å². The first kappa shape index (κ1) is 19.6. The number of sulfonamides is 1. The Kier molecular flexibility index (Phi) is 6.03. The largest absolute Gasteiger partial charge is 0.334 e. The average Bonchev–Trinajstić information content (AvgIpc) is 2.93. The van der Waals surface area contributed by atoms with Crippen molar-refractivity contribution >= 4 is 27.3 Å². The number of carbonyl (C=O) groups excluding carboxylic acids is 1. The van der Waals surface area contributed by atoms with Crippen LogP contribution in [0.4, 0.5) is 0 Å². The molecular formula is C18H24N2O3S2. The fraction of sp³-hybridized carbons (Fsp3) is 0.389. The molecule has 2 aromatic rings. The van der Waals surface area contributed by atoms with Crippen LogP contribution in [0.15, 0.2) is 35.2 Å². The van der Waals surface area contributed by atoms with Gasteiger partial charge in [0.05, 0.1) is 15.8 Å². The van der Waals surface area contributed by atoms with Gasteiger partial charge in [-0.3, -0.25) is 4.79 Å². The van der Waals surface area contributed by atoms with Crippen LogP contribution in [0.5, 0.6) is 0 Å². The van der Waals surface area contributed by atoms with Gasteiger partial charge in [-0.25, -0.2) is 13.6 Å². The van der Waals surface area contributed by atoms with Gasteiger partial charge in [-0.2, -0.15) is 0 Å². The highest BCUT2D eigenvalue weighted by molar-refractivity contribution is 7.89. The van der Waals surface area contributed by atoms with Gasteiger partial charge in [0.1, 0.15) is 0 Å². The predicted octanol–water partition coefficient (Wildman–Crippen LogP) is 3.49. The van der Waals surface area contributed by atoms with Crippen LogP contribution in [0.25, 0.3) is 0 Å². The molecule has 7 heteroatoms. The second kappa shape index (κ2) is 7.68. The Bertz CT molecular complexity index is 855. The lowest BCUT2D eigenvalue weighted by Crippen LogP contribution is -2.29. The standard InChI is InChI=1S/C18H24N2O3S2/c1-5-6-15-11-17(24-13(15)3)18(21)20(4)12(2)14-7-9-16(10-8-14)25(19,22)23/h7-12H,5-6H2,1-4H3,(H2,19,22,23). The van der Waals surface area contributed by atoms with E-state index in [0.29, 0.717) is 0 Å². The Morgan fingerprint density at radius 2 is 1.88 bits per heavy atom. The van der Waals surface area contributed by atoms with Gasteiger partial charge in [-0.1, -0.05) is 25.5 Å². The van der Waals surface area contributed by atoms with Crippen LogP contribution >= 0.6 is 11.3 Å². The second-order valence-corrected chi connectivity index (χ2v) is 8.97. The zero-order valence-corrected chi connectivity index (χ0v) is 16.6. The highest BCUT2D eigenvalue weighted by Gasteiger charge is 2.21. The Morgan fingerprint density at radius 3 is 2.40 bits per heavy atom. The zero-order valence-electron chi connectivity index (χ0n) is 14.9. The molecule has 0 saturated heterocycles. The summed E-state index contributed by atoms with van der Waals surface area (Å²) in [4.78, 5) is 16.4. The fourth-order valence-corrected chi connectivity index (χ4v) is 4.22. The summed E-state index contributed by atoms with van der Waals surface area (Å²) >= 11 is 1.52. The van der Waals surface area contributed by atoms with Crippen LogP contribution in [0, 0.1) is 6.92 Å². The van der Waals surface area contributed by atoms with Crippen LogP contribution in [-0.2, 0) is 16.4 Å². The first-order valence-corrected chi connectivity index (χ1v) is 10.5. The van der Waals surface area contributed by atoms with E-state index in [2.05, 4.69) is 6.92 Å². The smallest absolute Gasteiger partial charge is 0.264 e. The molecule has 1 amide bonds. The van der Waals surface area contributed by atoms with Gasteiger partial charge in [-0.15, -0.1) is 11.3 Å². The van der Waals surface area contributed by atoms with E-state index in [1.165, 1.54) is 33.9 Å². The van der Waals surface area contributed by atoms with E-state index >= 15 is 0 Å². The molecule has 1 atom stereocenters. The fourth-order valence-electron chi connectivity index (χ4n) is 2.65. The van der Waals surface area contributed by atoms with Crippen LogP contribution in [0.2, 0.25) is 0 Å². The molecule has 0 aliphatic rings. The van der Waals surface area contributed by atoms with Crippen LogP contribution in [0.1, 0.15) is 52.0 Å². The molecule has 0 radical (unpaired) electrons. The zero-order chi connectivity index (χ0) is 18.8. The first-order chi connectivity index (χ1) is 11.6. The molecule has 5 nitrogen and oxygen atoms in total. The molecule has 0 bridgehead atoms. The van der Waals surface area contributed by atoms with Crippen LogP contribution in [0.3, 0.4) is 0 Å². The van der Waals surface area contributed by atoms with Gasteiger partial charge < -0.3 is 4.90 Å². The Hall–Kier alpha value is -1.70. The molecule has 1 heterocycles. The molecule has 2 rings (SSSR count). The summed E-state index contributed by atoms with van der Waals surface area (Å²) in [6.45, 7) is 6.08. The maximum absolute atomic E-state index is 12.8. The van der Waals surface area contributed by atoms with Crippen molar-refractivity contribution in [2.45, 2.75) is 44.6 Å². The Morgan fingerprint density at radius 1 is 1.28 bits per heavy atom. The molecule has 0 spiro atoms. The summed E-state index contributed by atoms with van der Waals surface area (Å²) in [6, 6.07) is 8.12. The minimum Gasteiger partial charge on any atom is -0.334 e. The summed E-state index contributed by atoms with van der Waals surface area (Å²) in [6.07, 6.45) is 2.03. The average molecular weight is 381 g/mol. The highest BCUT2D eigenvalue weighted by Crippen LogP contribution is 2.27.